The number of aromatic nitrogens is 1. The lowest BCUT2D eigenvalue weighted by Crippen LogP contribution is -2.45. The minimum Gasteiger partial charge on any atom is -0.481 e. The fraction of sp³-hybridized carbons (Fsp3) is 0.400. The van der Waals surface area contributed by atoms with Gasteiger partial charge in [0.25, 0.3) is 0 Å². The Kier molecular flexibility index (Phi) is 4.31. The molecule has 1 unspecified atom stereocenters. The number of anilines is 1. The van der Waals surface area contributed by atoms with Crippen LogP contribution in [0.5, 0.6) is 5.88 Å². The maximum absolute atomic E-state index is 5.07. The van der Waals surface area contributed by atoms with Gasteiger partial charge in [-0.25, -0.2) is 4.98 Å². The lowest BCUT2D eigenvalue weighted by molar-refractivity contribution is 0.395. The summed E-state index contributed by atoms with van der Waals surface area (Å²) in [5.41, 5.74) is 4.84. The number of hydrogen-bond donors (Lipinski definition) is 0. The van der Waals surface area contributed by atoms with Gasteiger partial charge in [-0.3, -0.25) is 4.99 Å². The SMILES string of the molecule is COc1ccc(N=Cc2ccc3c(c2)C(C)CC(C)(C)N3C)cn1. The highest BCUT2D eigenvalue weighted by atomic mass is 16.5. The molecule has 24 heavy (non-hydrogen) atoms. The van der Waals surface area contributed by atoms with Gasteiger partial charge >= 0.3 is 0 Å². The quantitative estimate of drug-likeness (QED) is 0.777. The van der Waals surface area contributed by atoms with E-state index in [2.05, 4.69) is 60.9 Å². The first kappa shape index (κ1) is 16.5. The average Bonchev–Trinajstić information content (AvgIpc) is 2.58. The molecule has 0 radical (unpaired) electrons. The van der Waals surface area contributed by atoms with Crippen LogP contribution >= 0.6 is 0 Å². The molecule has 0 N–H and O–H groups in total. The number of pyridine rings is 1. The molecule has 0 saturated heterocycles. The van der Waals surface area contributed by atoms with Crippen molar-refractivity contribution in [2.24, 2.45) is 4.99 Å². The Balaban J connectivity index is 1.86. The van der Waals surface area contributed by atoms with Crippen LogP contribution in [0.25, 0.3) is 0 Å². The molecule has 0 fully saturated rings. The molecule has 1 aromatic heterocycles. The van der Waals surface area contributed by atoms with E-state index in [1.807, 2.05) is 18.3 Å². The molecule has 1 aromatic carbocycles. The third-order valence-electron chi connectivity index (χ3n) is 4.95. The van der Waals surface area contributed by atoms with Gasteiger partial charge in [-0.05, 0) is 55.5 Å². The van der Waals surface area contributed by atoms with Crippen LogP contribution in [0.2, 0.25) is 0 Å². The zero-order valence-corrected chi connectivity index (χ0v) is 15.1. The van der Waals surface area contributed by atoms with Gasteiger partial charge < -0.3 is 9.64 Å². The van der Waals surface area contributed by atoms with Crippen molar-refractivity contribution in [3.63, 3.8) is 0 Å². The summed E-state index contributed by atoms with van der Waals surface area (Å²) in [6.07, 6.45) is 4.77. The minimum atomic E-state index is 0.191. The van der Waals surface area contributed by atoms with E-state index in [0.29, 0.717) is 11.8 Å². The number of nitrogens with zero attached hydrogens (tertiary/aromatic N) is 3. The number of ether oxygens (including phenoxy) is 1. The lowest BCUT2D eigenvalue weighted by atomic mass is 9.80. The highest BCUT2D eigenvalue weighted by molar-refractivity contribution is 5.83. The third kappa shape index (κ3) is 3.14. The predicted molar refractivity (Wildman–Crippen MR) is 100.0 cm³/mol. The Morgan fingerprint density at radius 3 is 2.75 bits per heavy atom. The average molecular weight is 323 g/mol. The summed E-state index contributed by atoms with van der Waals surface area (Å²) in [4.78, 5) is 11.1. The van der Waals surface area contributed by atoms with E-state index in [0.717, 1.165) is 17.7 Å². The summed E-state index contributed by atoms with van der Waals surface area (Å²) in [5, 5.41) is 0. The number of rotatable bonds is 3. The molecular weight excluding hydrogens is 298 g/mol. The molecule has 0 amide bonds. The summed E-state index contributed by atoms with van der Waals surface area (Å²) in [5.74, 6) is 1.14. The molecule has 0 saturated carbocycles. The predicted octanol–water partition coefficient (Wildman–Crippen LogP) is 4.56. The molecule has 2 aromatic rings. The Morgan fingerprint density at radius 2 is 2.08 bits per heavy atom. The zero-order valence-electron chi connectivity index (χ0n) is 15.1. The van der Waals surface area contributed by atoms with Crippen molar-refractivity contribution in [1.82, 2.24) is 4.98 Å². The monoisotopic (exact) mass is 323 g/mol. The summed E-state index contributed by atoms with van der Waals surface area (Å²) in [7, 11) is 3.79. The van der Waals surface area contributed by atoms with Crippen LogP contribution < -0.4 is 9.64 Å². The fourth-order valence-corrected chi connectivity index (χ4v) is 3.39. The second-order valence-corrected chi connectivity index (χ2v) is 7.11. The van der Waals surface area contributed by atoms with Gasteiger partial charge in [-0.15, -0.1) is 0 Å². The first-order valence-electron chi connectivity index (χ1n) is 8.32. The Hall–Kier alpha value is -2.36. The highest BCUT2D eigenvalue weighted by Crippen LogP contribution is 2.42. The van der Waals surface area contributed by atoms with Crippen LogP contribution in [0.1, 0.15) is 44.2 Å². The van der Waals surface area contributed by atoms with Crippen LogP contribution in [0.15, 0.2) is 41.5 Å². The molecular formula is C20H25N3O. The van der Waals surface area contributed by atoms with Crippen LogP contribution in [0.3, 0.4) is 0 Å². The number of hydrogen-bond acceptors (Lipinski definition) is 4. The molecule has 126 valence electrons. The maximum Gasteiger partial charge on any atom is 0.213 e. The van der Waals surface area contributed by atoms with Crippen molar-refractivity contribution < 1.29 is 4.74 Å². The molecule has 0 aliphatic carbocycles. The lowest BCUT2D eigenvalue weighted by Gasteiger charge is -2.45. The first-order chi connectivity index (χ1) is 11.4. The molecule has 1 aliphatic heterocycles. The minimum absolute atomic E-state index is 0.191. The normalized spacial score (nSPS) is 19.4. The largest absolute Gasteiger partial charge is 0.481 e. The maximum atomic E-state index is 5.07. The molecule has 0 spiro atoms. The number of methoxy groups -OCH3 is 1. The van der Waals surface area contributed by atoms with E-state index >= 15 is 0 Å². The fourth-order valence-electron chi connectivity index (χ4n) is 3.39. The van der Waals surface area contributed by atoms with Crippen molar-refractivity contribution in [3.05, 3.63) is 47.7 Å². The molecule has 0 bridgehead atoms. The van der Waals surface area contributed by atoms with Crippen molar-refractivity contribution >= 4 is 17.6 Å². The van der Waals surface area contributed by atoms with E-state index in [-0.39, 0.29) is 5.54 Å². The van der Waals surface area contributed by atoms with Crippen molar-refractivity contribution in [1.29, 1.82) is 0 Å². The Labute approximate surface area is 144 Å². The van der Waals surface area contributed by atoms with E-state index in [1.54, 1.807) is 13.3 Å². The van der Waals surface area contributed by atoms with Crippen molar-refractivity contribution in [2.75, 3.05) is 19.1 Å². The molecule has 1 aliphatic rings. The van der Waals surface area contributed by atoms with E-state index in [4.69, 9.17) is 4.74 Å². The standard InChI is InChI=1S/C20H25N3O/c1-14-11-20(2,3)23(4)18-8-6-15(10-17(14)18)12-21-16-7-9-19(24-5)22-13-16/h6-10,12-14H,11H2,1-5H3. The molecule has 4 nitrogen and oxygen atoms in total. The van der Waals surface area contributed by atoms with Gasteiger partial charge in [0, 0.05) is 30.6 Å². The zero-order chi connectivity index (χ0) is 17.3. The van der Waals surface area contributed by atoms with Crippen molar-refractivity contribution in [3.8, 4) is 5.88 Å². The topological polar surface area (TPSA) is 37.7 Å². The van der Waals surface area contributed by atoms with Crippen LogP contribution in [-0.4, -0.2) is 30.9 Å². The van der Waals surface area contributed by atoms with Gasteiger partial charge in [0.05, 0.1) is 19.0 Å². The van der Waals surface area contributed by atoms with Crippen LogP contribution in [0.4, 0.5) is 11.4 Å². The smallest absolute Gasteiger partial charge is 0.213 e. The van der Waals surface area contributed by atoms with E-state index in [9.17, 15) is 0 Å². The summed E-state index contributed by atoms with van der Waals surface area (Å²) in [6.45, 7) is 6.92. The number of fused-ring (bicyclic) bond motifs is 1. The van der Waals surface area contributed by atoms with Crippen molar-refractivity contribution in [2.45, 2.75) is 38.6 Å². The van der Waals surface area contributed by atoms with Gasteiger partial charge in [-0.2, -0.15) is 0 Å². The highest BCUT2D eigenvalue weighted by Gasteiger charge is 2.33. The summed E-state index contributed by atoms with van der Waals surface area (Å²) in [6, 6.07) is 10.3. The van der Waals surface area contributed by atoms with E-state index in [1.165, 1.54) is 11.3 Å². The number of aliphatic imine (C=N–C) groups is 1. The second-order valence-electron chi connectivity index (χ2n) is 7.11. The number of benzene rings is 1. The summed E-state index contributed by atoms with van der Waals surface area (Å²) < 4.78 is 5.07. The third-order valence-corrected chi connectivity index (χ3v) is 4.95. The van der Waals surface area contributed by atoms with Crippen LogP contribution in [-0.2, 0) is 0 Å². The Morgan fingerprint density at radius 1 is 1.29 bits per heavy atom. The Bertz CT molecular complexity index is 750. The van der Waals surface area contributed by atoms with E-state index < -0.39 is 0 Å². The van der Waals surface area contributed by atoms with Crippen LogP contribution in [0, 0.1) is 0 Å². The van der Waals surface area contributed by atoms with Gasteiger partial charge in [0.1, 0.15) is 0 Å². The van der Waals surface area contributed by atoms with Gasteiger partial charge in [0.15, 0.2) is 0 Å². The van der Waals surface area contributed by atoms with Gasteiger partial charge in [-0.1, -0.05) is 13.0 Å². The first-order valence-corrected chi connectivity index (χ1v) is 8.32. The molecule has 4 heteroatoms. The summed E-state index contributed by atoms with van der Waals surface area (Å²) >= 11 is 0. The molecule has 3 rings (SSSR count). The molecule has 2 heterocycles. The van der Waals surface area contributed by atoms with Gasteiger partial charge in [0.2, 0.25) is 5.88 Å². The molecule has 1 atom stereocenters. The second kappa shape index (κ2) is 6.27.